The summed E-state index contributed by atoms with van der Waals surface area (Å²) in [5.74, 6) is 0.713. The fourth-order valence-corrected chi connectivity index (χ4v) is 2.58. The Hall–Kier alpha value is -1.42. The van der Waals surface area contributed by atoms with Crippen molar-refractivity contribution in [3.8, 4) is 0 Å². The topological polar surface area (TPSA) is 29.9 Å². The van der Waals surface area contributed by atoms with E-state index in [1.807, 2.05) is 17.7 Å². The van der Waals surface area contributed by atoms with Gasteiger partial charge in [-0.25, -0.2) is 9.37 Å². The second kappa shape index (κ2) is 4.11. The number of aromatic nitrogens is 2. The molecule has 1 saturated heterocycles. The van der Waals surface area contributed by atoms with Crippen molar-refractivity contribution < 1.29 is 4.39 Å². The van der Waals surface area contributed by atoms with Crippen molar-refractivity contribution in [2.75, 3.05) is 6.54 Å². The van der Waals surface area contributed by atoms with Crippen molar-refractivity contribution in [2.45, 2.75) is 25.3 Å². The van der Waals surface area contributed by atoms with Gasteiger partial charge < -0.3 is 9.88 Å². The minimum Gasteiger partial charge on any atom is -0.330 e. The first-order valence-corrected chi connectivity index (χ1v) is 6.11. The molecule has 1 aliphatic heterocycles. The van der Waals surface area contributed by atoms with E-state index in [1.165, 1.54) is 18.9 Å². The van der Waals surface area contributed by atoms with E-state index in [0.717, 1.165) is 24.3 Å². The lowest BCUT2D eigenvalue weighted by Crippen LogP contribution is -2.28. The van der Waals surface area contributed by atoms with Gasteiger partial charge in [-0.15, -0.1) is 0 Å². The summed E-state index contributed by atoms with van der Waals surface area (Å²) in [6, 6.07) is 5.38. The molecule has 1 unspecified atom stereocenters. The highest BCUT2D eigenvalue weighted by Crippen LogP contribution is 2.26. The van der Waals surface area contributed by atoms with E-state index in [2.05, 4.69) is 10.3 Å². The van der Waals surface area contributed by atoms with Crippen LogP contribution < -0.4 is 5.32 Å². The minimum atomic E-state index is -0.236. The molecule has 2 aromatic rings. The number of benzene rings is 1. The van der Waals surface area contributed by atoms with Crippen LogP contribution in [0.4, 0.5) is 4.39 Å². The number of imidazole rings is 1. The highest BCUT2D eigenvalue weighted by Gasteiger charge is 2.21. The molecular weight excluding hydrogens is 217 g/mol. The molecule has 0 bridgehead atoms. The number of hydrogen-bond acceptors (Lipinski definition) is 2. The van der Waals surface area contributed by atoms with Crippen molar-refractivity contribution in [3.63, 3.8) is 0 Å². The lowest BCUT2D eigenvalue weighted by atomic mass is 10.0. The summed E-state index contributed by atoms with van der Waals surface area (Å²) >= 11 is 0. The number of nitrogens with zero attached hydrogens (tertiary/aromatic N) is 2. The van der Waals surface area contributed by atoms with Gasteiger partial charge in [0, 0.05) is 7.05 Å². The van der Waals surface area contributed by atoms with Crippen molar-refractivity contribution in [3.05, 3.63) is 29.8 Å². The SMILES string of the molecule is Cn1c(C2CCCCN2)nc2c(F)cccc21. The summed E-state index contributed by atoms with van der Waals surface area (Å²) < 4.78 is 15.7. The summed E-state index contributed by atoms with van der Waals surface area (Å²) in [5, 5.41) is 3.45. The van der Waals surface area contributed by atoms with Gasteiger partial charge in [0.25, 0.3) is 0 Å². The molecule has 1 N–H and O–H groups in total. The van der Waals surface area contributed by atoms with Crippen LogP contribution in [0.5, 0.6) is 0 Å². The van der Waals surface area contributed by atoms with E-state index < -0.39 is 0 Å². The maximum atomic E-state index is 13.7. The number of para-hydroxylation sites is 1. The minimum absolute atomic E-state index is 0.236. The zero-order valence-corrected chi connectivity index (χ0v) is 9.91. The zero-order valence-electron chi connectivity index (χ0n) is 9.91. The van der Waals surface area contributed by atoms with E-state index in [9.17, 15) is 4.39 Å². The average molecular weight is 233 g/mol. The molecular formula is C13H16FN3. The predicted octanol–water partition coefficient (Wildman–Crippen LogP) is 2.53. The second-order valence-electron chi connectivity index (χ2n) is 4.64. The second-order valence-corrected chi connectivity index (χ2v) is 4.64. The molecule has 1 aromatic heterocycles. The van der Waals surface area contributed by atoms with Gasteiger partial charge in [-0.2, -0.15) is 0 Å². The molecule has 90 valence electrons. The quantitative estimate of drug-likeness (QED) is 0.820. The van der Waals surface area contributed by atoms with E-state index in [1.54, 1.807) is 6.07 Å². The third-order valence-electron chi connectivity index (χ3n) is 3.52. The van der Waals surface area contributed by atoms with Crippen LogP contribution in [0.25, 0.3) is 11.0 Å². The van der Waals surface area contributed by atoms with Gasteiger partial charge in [0.2, 0.25) is 0 Å². The van der Waals surface area contributed by atoms with Crippen LogP contribution in [0.1, 0.15) is 31.1 Å². The van der Waals surface area contributed by atoms with E-state index >= 15 is 0 Å². The maximum Gasteiger partial charge on any atom is 0.151 e. The van der Waals surface area contributed by atoms with Gasteiger partial charge in [0.15, 0.2) is 5.82 Å². The molecule has 1 aromatic carbocycles. The monoisotopic (exact) mass is 233 g/mol. The number of nitrogens with one attached hydrogen (secondary N) is 1. The molecule has 4 heteroatoms. The van der Waals surface area contributed by atoms with E-state index in [4.69, 9.17) is 0 Å². The summed E-state index contributed by atoms with van der Waals surface area (Å²) in [5.41, 5.74) is 1.35. The zero-order chi connectivity index (χ0) is 11.8. The molecule has 3 rings (SSSR count). The summed E-state index contributed by atoms with van der Waals surface area (Å²) in [6.07, 6.45) is 3.51. The number of rotatable bonds is 1. The summed E-state index contributed by atoms with van der Waals surface area (Å²) in [6.45, 7) is 1.02. The van der Waals surface area contributed by atoms with Crippen molar-refractivity contribution >= 4 is 11.0 Å². The van der Waals surface area contributed by atoms with Crippen molar-refractivity contribution in [1.29, 1.82) is 0 Å². The third-order valence-corrected chi connectivity index (χ3v) is 3.52. The lowest BCUT2D eigenvalue weighted by molar-refractivity contribution is 0.391. The first-order valence-electron chi connectivity index (χ1n) is 6.11. The largest absolute Gasteiger partial charge is 0.330 e. The van der Waals surface area contributed by atoms with Gasteiger partial charge in [-0.05, 0) is 31.5 Å². The third kappa shape index (κ3) is 1.72. The van der Waals surface area contributed by atoms with Crippen molar-refractivity contribution in [1.82, 2.24) is 14.9 Å². The predicted molar refractivity (Wildman–Crippen MR) is 65.3 cm³/mol. The van der Waals surface area contributed by atoms with Crippen LogP contribution in [-0.4, -0.2) is 16.1 Å². The first kappa shape index (κ1) is 10.7. The van der Waals surface area contributed by atoms with Gasteiger partial charge in [0.1, 0.15) is 11.3 Å². The smallest absolute Gasteiger partial charge is 0.151 e. The fraction of sp³-hybridized carbons (Fsp3) is 0.462. The Kier molecular flexibility index (Phi) is 2.59. The van der Waals surface area contributed by atoms with Crippen LogP contribution in [-0.2, 0) is 7.05 Å². The molecule has 1 aliphatic rings. The van der Waals surface area contributed by atoms with Gasteiger partial charge >= 0.3 is 0 Å². The lowest BCUT2D eigenvalue weighted by Gasteiger charge is -2.22. The highest BCUT2D eigenvalue weighted by atomic mass is 19.1. The normalized spacial score (nSPS) is 20.9. The molecule has 0 radical (unpaired) electrons. The van der Waals surface area contributed by atoms with Gasteiger partial charge in [-0.1, -0.05) is 12.5 Å². The highest BCUT2D eigenvalue weighted by molar-refractivity contribution is 5.76. The molecule has 0 spiro atoms. The summed E-state index contributed by atoms with van der Waals surface area (Å²) in [4.78, 5) is 4.46. The molecule has 17 heavy (non-hydrogen) atoms. The Labute approximate surface area is 99.7 Å². The molecule has 0 amide bonds. The Morgan fingerprint density at radius 3 is 3.00 bits per heavy atom. The van der Waals surface area contributed by atoms with Gasteiger partial charge in [0.05, 0.1) is 11.6 Å². The number of piperidine rings is 1. The van der Waals surface area contributed by atoms with Crippen LogP contribution in [0, 0.1) is 5.82 Å². The fourth-order valence-electron chi connectivity index (χ4n) is 2.58. The molecule has 3 nitrogen and oxygen atoms in total. The Morgan fingerprint density at radius 1 is 1.41 bits per heavy atom. The van der Waals surface area contributed by atoms with Crippen LogP contribution in [0.2, 0.25) is 0 Å². The van der Waals surface area contributed by atoms with Crippen molar-refractivity contribution in [2.24, 2.45) is 7.05 Å². The van der Waals surface area contributed by atoms with E-state index in [0.29, 0.717) is 5.52 Å². The van der Waals surface area contributed by atoms with Crippen LogP contribution in [0.15, 0.2) is 18.2 Å². The molecule has 1 fully saturated rings. The summed E-state index contributed by atoms with van der Waals surface area (Å²) in [7, 11) is 1.96. The molecule has 0 saturated carbocycles. The maximum absolute atomic E-state index is 13.7. The number of aryl methyl sites for hydroxylation is 1. The number of halogens is 1. The van der Waals surface area contributed by atoms with Gasteiger partial charge in [-0.3, -0.25) is 0 Å². The van der Waals surface area contributed by atoms with Crippen LogP contribution in [0.3, 0.4) is 0 Å². The Bertz CT molecular complexity index is 541. The average Bonchev–Trinajstić information content (AvgIpc) is 2.70. The standard InChI is InChI=1S/C13H16FN3/c1-17-11-7-4-5-9(14)12(11)16-13(17)10-6-2-3-8-15-10/h4-5,7,10,15H,2-3,6,8H2,1H3. The Morgan fingerprint density at radius 2 is 2.29 bits per heavy atom. The number of fused-ring (bicyclic) bond motifs is 1. The molecule has 1 atom stereocenters. The first-order chi connectivity index (χ1) is 8.27. The Balaban J connectivity index is 2.10. The molecule has 2 heterocycles. The molecule has 0 aliphatic carbocycles. The number of hydrogen-bond donors (Lipinski definition) is 1. The van der Waals surface area contributed by atoms with E-state index in [-0.39, 0.29) is 11.9 Å². The van der Waals surface area contributed by atoms with Crippen LogP contribution >= 0.6 is 0 Å².